The second-order valence-electron chi connectivity index (χ2n) is 3.50. The first kappa shape index (κ1) is 7.81. The molecule has 1 aliphatic carbocycles. The molecule has 0 unspecified atom stereocenters. The molecule has 0 saturated carbocycles. The lowest BCUT2D eigenvalue weighted by Crippen LogP contribution is -2.31. The molecule has 0 heterocycles. The second-order valence-corrected chi connectivity index (χ2v) is 3.50. The van der Waals surface area contributed by atoms with Crippen LogP contribution in [0.15, 0.2) is 24.3 Å². The van der Waals surface area contributed by atoms with Gasteiger partial charge >= 0.3 is 0 Å². The van der Waals surface area contributed by atoms with E-state index in [2.05, 4.69) is 36.6 Å². The summed E-state index contributed by atoms with van der Waals surface area (Å²) in [6, 6.07) is 9.47. The van der Waals surface area contributed by atoms with Crippen molar-refractivity contribution >= 4 is 0 Å². The Bertz CT molecular complexity index is 267. The summed E-state index contributed by atoms with van der Waals surface area (Å²) >= 11 is 0. The van der Waals surface area contributed by atoms with E-state index in [1.807, 2.05) is 0 Å². The molecule has 1 N–H and O–H groups in total. The van der Waals surface area contributed by atoms with Gasteiger partial charge in [-0.05, 0) is 37.4 Å². The second kappa shape index (κ2) is 3.28. The molecule has 64 valence electrons. The van der Waals surface area contributed by atoms with Gasteiger partial charge in [0.05, 0.1) is 0 Å². The highest BCUT2D eigenvalue weighted by molar-refractivity contribution is 5.30. The van der Waals surface area contributed by atoms with E-state index in [0.717, 1.165) is 0 Å². The van der Waals surface area contributed by atoms with Crippen molar-refractivity contribution in [2.24, 2.45) is 0 Å². The SMILES string of the molecule is CN[C@@H]1CCc2ccccc2C1. The summed E-state index contributed by atoms with van der Waals surface area (Å²) in [6.07, 6.45) is 3.72. The fraction of sp³-hybridized carbons (Fsp3) is 0.455. The molecule has 0 saturated heterocycles. The molecule has 1 aromatic carbocycles. The van der Waals surface area contributed by atoms with E-state index >= 15 is 0 Å². The predicted octanol–water partition coefficient (Wildman–Crippen LogP) is 1.76. The van der Waals surface area contributed by atoms with Gasteiger partial charge in [-0.1, -0.05) is 24.3 Å². The average Bonchev–Trinajstić information content (AvgIpc) is 2.17. The first-order chi connectivity index (χ1) is 5.90. The number of aryl methyl sites for hydroxylation is 1. The average molecular weight is 161 g/mol. The van der Waals surface area contributed by atoms with Gasteiger partial charge in [-0.2, -0.15) is 0 Å². The number of hydrogen-bond acceptors (Lipinski definition) is 1. The van der Waals surface area contributed by atoms with Crippen molar-refractivity contribution < 1.29 is 0 Å². The number of rotatable bonds is 1. The van der Waals surface area contributed by atoms with Gasteiger partial charge in [0.2, 0.25) is 0 Å². The molecule has 2 rings (SSSR count). The Hall–Kier alpha value is -0.820. The van der Waals surface area contributed by atoms with Crippen LogP contribution in [0.3, 0.4) is 0 Å². The highest BCUT2D eigenvalue weighted by Crippen LogP contribution is 2.20. The van der Waals surface area contributed by atoms with Crippen LogP contribution in [0.5, 0.6) is 0 Å². The van der Waals surface area contributed by atoms with Crippen molar-refractivity contribution in [3.05, 3.63) is 35.4 Å². The molecule has 1 aromatic rings. The van der Waals surface area contributed by atoms with Crippen molar-refractivity contribution in [1.29, 1.82) is 0 Å². The standard InChI is InChI=1S/C11H15N/c1-12-11-7-6-9-4-2-3-5-10(9)8-11/h2-5,11-12H,6-8H2,1H3/t11-/m1/s1. The topological polar surface area (TPSA) is 12.0 Å². The molecule has 1 atom stereocenters. The van der Waals surface area contributed by atoms with Gasteiger partial charge in [0.25, 0.3) is 0 Å². The van der Waals surface area contributed by atoms with Gasteiger partial charge in [0.15, 0.2) is 0 Å². The van der Waals surface area contributed by atoms with Crippen LogP contribution in [0.1, 0.15) is 17.5 Å². The van der Waals surface area contributed by atoms with Crippen molar-refractivity contribution in [1.82, 2.24) is 5.32 Å². The van der Waals surface area contributed by atoms with Crippen molar-refractivity contribution in [3.63, 3.8) is 0 Å². The van der Waals surface area contributed by atoms with Gasteiger partial charge < -0.3 is 5.32 Å². The Morgan fingerprint density at radius 2 is 2.00 bits per heavy atom. The van der Waals surface area contributed by atoms with E-state index < -0.39 is 0 Å². The van der Waals surface area contributed by atoms with Crippen LogP contribution in [0.2, 0.25) is 0 Å². The molecule has 1 nitrogen and oxygen atoms in total. The number of fused-ring (bicyclic) bond motifs is 1. The quantitative estimate of drug-likeness (QED) is 0.662. The Kier molecular flexibility index (Phi) is 2.13. The maximum absolute atomic E-state index is 3.34. The highest BCUT2D eigenvalue weighted by Gasteiger charge is 2.15. The van der Waals surface area contributed by atoms with E-state index in [4.69, 9.17) is 0 Å². The van der Waals surface area contributed by atoms with Gasteiger partial charge in [-0.3, -0.25) is 0 Å². The maximum atomic E-state index is 3.34. The third-order valence-corrected chi connectivity index (χ3v) is 2.76. The zero-order chi connectivity index (χ0) is 8.39. The van der Waals surface area contributed by atoms with E-state index in [0.29, 0.717) is 6.04 Å². The van der Waals surface area contributed by atoms with Crippen LogP contribution in [-0.2, 0) is 12.8 Å². The Labute approximate surface area is 73.8 Å². The zero-order valence-corrected chi connectivity index (χ0v) is 7.51. The van der Waals surface area contributed by atoms with Crippen LogP contribution >= 0.6 is 0 Å². The van der Waals surface area contributed by atoms with Crippen molar-refractivity contribution in [2.45, 2.75) is 25.3 Å². The van der Waals surface area contributed by atoms with Crippen LogP contribution < -0.4 is 5.32 Å². The number of hydrogen-bond donors (Lipinski definition) is 1. The van der Waals surface area contributed by atoms with E-state index in [-0.39, 0.29) is 0 Å². The minimum absolute atomic E-state index is 0.694. The van der Waals surface area contributed by atoms with E-state index in [1.54, 1.807) is 5.56 Å². The van der Waals surface area contributed by atoms with Crippen molar-refractivity contribution in [2.75, 3.05) is 7.05 Å². The van der Waals surface area contributed by atoms with Gasteiger partial charge in [0.1, 0.15) is 0 Å². The summed E-state index contributed by atoms with van der Waals surface area (Å²) < 4.78 is 0. The normalized spacial score (nSPS) is 21.9. The summed E-state index contributed by atoms with van der Waals surface area (Å²) in [5.41, 5.74) is 3.08. The molecule has 0 aliphatic heterocycles. The maximum Gasteiger partial charge on any atom is 0.0108 e. The summed E-state index contributed by atoms with van der Waals surface area (Å²) in [5, 5.41) is 3.34. The lowest BCUT2D eigenvalue weighted by atomic mass is 9.88. The minimum Gasteiger partial charge on any atom is -0.317 e. The largest absolute Gasteiger partial charge is 0.317 e. The lowest BCUT2D eigenvalue weighted by molar-refractivity contribution is 0.496. The molecular formula is C11H15N. The van der Waals surface area contributed by atoms with Gasteiger partial charge in [-0.15, -0.1) is 0 Å². The van der Waals surface area contributed by atoms with E-state index in [1.165, 1.54) is 24.8 Å². The lowest BCUT2D eigenvalue weighted by Gasteiger charge is -2.23. The molecule has 0 spiro atoms. The summed E-state index contributed by atoms with van der Waals surface area (Å²) in [7, 11) is 2.05. The molecule has 0 radical (unpaired) electrons. The summed E-state index contributed by atoms with van der Waals surface area (Å²) in [6.45, 7) is 0. The number of nitrogens with one attached hydrogen (secondary N) is 1. The van der Waals surface area contributed by atoms with Crippen molar-refractivity contribution in [3.8, 4) is 0 Å². The molecule has 1 heteroatoms. The van der Waals surface area contributed by atoms with Gasteiger partial charge in [0, 0.05) is 6.04 Å². The molecule has 0 bridgehead atoms. The molecule has 1 aliphatic rings. The highest BCUT2D eigenvalue weighted by atomic mass is 14.9. The summed E-state index contributed by atoms with van der Waals surface area (Å²) in [4.78, 5) is 0. The van der Waals surface area contributed by atoms with Crippen LogP contribution in [0.25, 0.3) is 0 Å². The third kappa shape index (κ3) is 1.37. The Morgan fingerprint density at radius 1 is 1.25 bits per heavy atom. The fourth-order valence-corrected chi connectivity index (χ4v) is 1.94. The molecule has 0 fully saturated rings. The monoisotopic (exact) mass is 161 g/mol. The molecule has 0 aromatic heterocycles. The van der Waals surface area contributed by atoms with Gasteiger partial charge in [-0.25, -0.2) is 0 Å². The molecule has 0 amide bonds. The predicted molar refractivity (Wildman–Crippen MR) is 51.3 cm³/mol. The Balaban J connectivity index is 2.23. The molecule has 12 heavy (non-hydrogen) atoms. The first-order valence-electron chi connectivity index (χ1n) is 4.64. The number of likely N-dealkylation sites (N-methyl/N-ethyl adjacent to an activating group) is 1. The smallest absolute Gasteiger partial charge is 0.0108 e. The van der Waals surface area contributed by atoms with Crippen LogP contribution in [-0.4, -0.2) is 13.1 Å². The third-order valence-electron chi connectivity index (χ3n) is 2.76. The van der Waals surface area contributed by atoms with E-state index in [9.17, 15) is 0 Å². The Morgan fingerprint density at radius 3 is 2.75 bits per heavy atom. The minimum atomic E-state index is 0.694. The first-order valence-corrected chi connectivity index (χ1v) is 4.64. The van der Waals surface area contributed by atoms with Crippen LogP contribution in [0, 0.1) is 0 Å². The van der Waals surface area contributed by atoms with Crippen LogP contribution in [0.4, 0.5) is 0 Å². The molecular weight excluding hydrogens is 146 g/mol. The summed E-state index contributed by atoms with van der Waals surface area (Å²) in [5.74, 6) is 0. The fourth-order valence-electron chi connectivity index (χ4n) is 1.94. The number of benzene rings is 1. The zero-order valence-electron chi connectivity index (χ0n) is 7.51.